The molecule has 5 N–H and O–H groups in total. The molecule has 0 saturated heterocycles. The molecule has 44 heavy (non-hydrogen) atoms. The van der Waals surface area contributed by atoms with Gasteiger partial charge in [-0.05, 0) is 88.7 Å². The molecule has 0 unspecified atom stereocenters. The average molecular weight is 876 g/mol. The van der Waals surface area contributed by atoms with Crippen LogP contribution in [0.2, 0.25) is 0 Å². The topological polar surface area (TPSA) is 181 Å². The maximum absolute atomic E-state index is 12.6. The smallest absolute Gasteiger partial charge is 0.269 e. The predicted molar refractivity (Wildman–Crippen MR) is 174 cm³/mol. The molecule has 5 atom stereocenters. The first-order chi connectivity index (χ1) is 20.9. The van der Waals surface area contributed by atoms with Gasteiger partial charge in [-0.2, -0.15) is 0 Å². The molecule has 0 radical (unpaired) electrons. The van der Waals surface area contributed by atoms with Gasteiger partial charge in [0, 0.05) is 25.9 Å². The van der Waals surface area contributed by atoms with Gasteiger partial charge >= 0.3 is 0 Å². The molecule has 2 aliphatic heterocycles. The SMILES string of the molecule is COC1=C(Br)[C@@H](O)[C@]2(C=C1Br)CC(C(=O)NC[C@@H](O)CCCCCNC(=O)C1=NO[C@]3(C=C(Br)C(OC)=C(Br)[C@@H]3O)C1)=NO2. The number of carbonyl (C=O) groups is 2. The summed E-state index contributed by atoms with van der Waals surface area (Å²) in [5, 5.41) is 45.1. The van der Waals surface area contributed by atoms with Gasteiger partial charge in [-0.15, -0.1) is 0 Å². The van der Waals surface area contributed by atoms with Gasteiger partial charge in [0.25, 0.3) is 11.8 Å². The van der Waals surface area contributed by atoms with Crippen molar-refractivity contribution in [1.82, 2.24) is 10.6 Å². The van der Waals surface area contributed by atoms with Crippen LogP contribution < -0.4 is 10.6 Å². The molecule has 17 heteroatoms. The maximum atomic E-state index is 12.6. The fraction of sp³-hybridized carbons (Fsp3) is 0.556. The van der Waals surface area contributed by atoms with Crippen LogP contribution in [0.3, 0.4) is 0 Å². The summed E-state index contributed by atoms with van der Waals surface area (Å²) in [7, 11) is 2.95. The van der Waals surface area contributed by atoms with Crippen molar-refractivity contribution in [2.24, 2.45) is 10.3 Å². The molecular weight excluding hydrogens is 844 g/mol. The number of allylic oxidation sites excluding steroid dienone is 2. The Hall–Kier alpha value is -1.76. The fourth-order valence-corrected chi connectivity index (χ4v) is 8.62. The van der Waals surface area contributed by atoms with Gasteiger partial charge in [0.2, 0.25) is 0 Å². The summed E-state index contributed by atoms with van der Waals surface area (Å²) in [6.45, 7) is 0.419. The summed E-state index contributed by atoms with van der Waals surface area (Å²) in [4.78, 5) is 36.3. The zero-order valence-corrected chi connectivity index (χ0v) is 30.1. The Kier molecular flexibility index (Phi) is 11.8. The molecule has 4 rings (SSSR count). The van der Waals surface area contributed by atoms with Gasteiger partial charge in [0.1, 0.15) is 35.1 Å². The molecular formula is C27H32Br4N4O9. The molecule has 0 fully saturated rings. The number of hydrogen-bond acceptors (Lipinski definition) is 11. The largest absolute Gasteiger partial charge is 0.495 e. The van der Waals surface area contributed by atoms with Gasteiger partial charge in [0.15, 0.2) is 11.2 Å². The highest BCUT2D eigenvalue weighted by atomic mass is 79.9. The van der Waals surface area contributed by atoms with E-state index >= 15 is 0 Å². The summed E-state index contributed by atoms with van der Waals surface area (Å²) in [6.07, 6.45) is 2.87. The molecule has 2 amide bonds. The van der Waals surface area contributed by atoms with Gasteiger partial charge in [0.05, 0.1) is 38.3 Å². The van der Waals surface area contributed by atoms with Crippen molar-refractivity contribution in [2.45, 2.75) is 68.0 Å². The fourth-order valence-electron chi connectivity index (χ4n) is 5.04. The molecule has 13 nitrogen and oxygen atoms in total. The maximum Gasteiger partial charge on any atom is 0.269 e. The van der Waals surface area contributed by atoms with E-state index in [9.17, 15) is 24.9 Å². The van der Waals surface area contributed by atoms with Crippen LogP contribution in [0.1, 0.15) is 38.5 Å². The van der Waals surface area contributed by atoms with E-state index in [1.807, 2.05) is 0 Å². The summed E-state index contributed by atoms with van der Waals surface area (Å²) in [5.74, 6) is -0.0293. The number of hydrogen-bond donors (Lipinski definition) is 5. The Morgan fingerprint density at radius 3 is 1.84 bits per heavy atom. The van der Waals surface area contributed by atoms with E-state index < -0.39 is 35.4 Å². The zero-order chi connectivity index (χ0) is 32.2. The Morgan fingerprint density at radius 1 is 0.886 bits per heavy atom. The lowest BCUT2D eigenvalue weighted by molar-refractivity contribution is -0.115. The molecule has 2 spiro atoms. The number of aliphatic hydroxyl groups is 3. The van der Waals surface area contributed by atoms with Crippen molar-refractivity contribution < 1.29 is 44.1 Å². The van der Waals surface area contributed by atoms with Crippen LogP contribution >= 0.6 is 63.7 Å². The zero-order valence-electron chi connectivity index (χ0n) is 23.7. The van der Waals surface area contributed by atoms with E-state index in [1.165, 1.54) is 14.2 Å². The van der Waals surface area contributed by atoms with E-state index in [-0.39, 0.29) is 36.7 Å². The van der Waals surface area contributed by atoms with Crippen molar-refractivity contribution in [3.05, 3.63) is 41.6 Å². The van der Waals surface area contributed by atoms with Crippen LogP contribution in [0, 0.1) is 0 Å². The normalized spacial score (nSPS) is 28.6. The molecule has 0 aromatic heterocycles. The number of aliphatic hydroxyl groups excluding tert-OH is 3. The quantitative estimate of drug-likeness (QED) is 0.185. The number of amides is 2. The third-order valence-corrected chi connectivity index (χ3v) is 10.3. The Morgan fingerprint density at radius 2 is 1.36 bits per heavy atom. The predicted octanol–water partition coefficient (Wildman–Crippen LogP) is 2.98. The number of unbranched alkanes of at least 4 members (excludes halogenated alkanes) is 2. The molecule has 0 aromatic rings. The van der Waals surface area contributed by atoms with Gasteiger partial charge in [-0.3, -0.25) is 9.59 Å². The van der Waals surface area contributed by atoms with E-state index in [1.54, 1.807) is 12.2 Å². The number of nitrogens with one attached hydrogen (secondary N) is 2. The van der Waals surface area contributed by atoms with Crippen molar-refractivity contribution >= 4 is 87.0 Å². The third kappa shape index (κ3) is 7.28. The second kappa shape index (κ2) is 14.8. The molecule has 0 bridgehead atoms. The molecule has 2 aliphatic carbocycles. The third-order valence-electron chi connectivity index (χ3n) is 7.49. The van der Waals surface area contributed by atoms with E-state index in [0.717, 1.165) is 6.42 Å². The second-order valence-electron chi connectivity index (χ2n) is 10.5. The van der Waals surface area contributed by atoms with Crippen LogP contribution in [0.25, 0.3) is 0 Å². The number of nitrogens with zero attached hydrogens (tertiary/aromatic N) is 2. The van der Waals surface area contributed by atoms with Gasteiger partial charge in [-0.25, -0.2) is 0 Å². The summed E-state index contributed by atoms with van der Waals surface area (Å²) >= 11 is 13.4. The number of ether oxygens (including phenoxy) is 2. The van der Waals surface area contributed by atoms with Crippen molar-refractivity contribution in [3.63, 3.8) is 0 Å². The Bertz CT molecular complexity index is 1360. The first-order valence-electron chi connectivity index (χ1n) is 13.6. The lowest BCUT2D eigenvalue weighted by atomic mass is 9.87. The number of rotatable bonds is 12. The molecule has 0 saturated carbocycles. The minimum absolute atomic E-state index is 0.0241. The van der Waals surface area contributed by atoms with Crippen LogP contribution in [0.5, 0.6) is 0 Å². The first-order valence-corrected chi connectivity index (χ1v) is 16.8. The van der Waals surface area contributed by atoms with Crippen molar-refractivity contribution in [1.29, 1.82) is 0 Å². The second-order valence-corrected chi connectivity index (χ2v) is 14.0. The average Bonchev–Trinajstić information content (AvgIpc) is 3.62. The lowest BCUT2D eigenvalue weighted by Crippen LogP contribution is -2.45. The minimum atomic E-state index is -1.26. The van der Waals surface area contributed by atoms with E-state index in [0.29, 0.717) is 55.3 Å². The highest BCUT2D eigenvalue weighted by Gasteiger charge is 2.51. The monoisotopic (exact) mass is 872 g/mol. The molecule has 0 aromatic carbocycles. The molecule has 242 valence electrons. The molecule has 2 heterocycles. The first kappa shape index (κ1) is 35.1. The van der Waals surface area contributed by atoms with E-state index in [4.69, 9.17) is 19.1 Å². The highest BCUT2D eigenvalue weighted by Crippen LogP contribution is 2.45. The highest BCUT2D eigenvalue weighted by molar-refractivity contribution is 9.12. The summed E-state index contributed by atoms with van der Waals surface area (Å²) in [6, 6.07) is 0. The van der Waals surface area contributed by atoms with Crippen molar-refractivity contribution in [3.8, 4) is 0 Å². The number of oxime groups is 2. The van der Waals surface area contributed by atoms with Gasteiger partial charge < -0.3 is 45.1 Å². The summed E-state index contributed by atoms with van der Waals surface area (Å²) < 4.78 is 12.4. The molecule has 4 aliphatic rings. The van der Waals surface area contributed by atoms with Crippen molar-refractivity contribution in [2.75, 3.05) is 27.3 Å². The van der Waals surface area contributed by atoms with Crippen LogP contribution in [-0.2, 0) is 28.7 Å². The summed E-state index contributed by atoms with van der Waals surface area (Å²) in [5.41, 5.74) is -2.21. The van der Waals surface area contributed by atoms with E-state index in [2.05, 4.69) is 84.7 Å². The number of methoxy groups -OCH3 is 2. The van der Waals surface area contributed by atoms with Crippen LogP contribution in [0.15, 0.2) is 51.9 Å². The Balaban J connectivity index is 1.11. The van der Waals surface area contributed by atoms with Gasteiger partial charge in [-0.1, -0.05) is 23.2 Å². The Labute approximate surface area is 287 Å². The minimum Gasteiger partial charge on any atom is -0.495 e. The van der Waals surface area contributed by atoms with Crippen LogP contribution in [0.4, 0.5) is 0 Å². The lowest BCUT2D eigenvalue weighted by Gasteiger charge is -2.33. The van der Waals surface area contributed by atoms with Crippen LogP contribution in [-0.4, -0.2) is 95.4 Å². The number of halogens is 4. The standard InChI is InChI=1S/C27H32Br4N4O9/c1-41-20-14(28)8-26(22(37)18(20)30)10-16(34-43-26)24(39)32-7-5-3-4-6-13(36)12-33-25(40)17-11-27(44-35-17)9-15(29)21(42-2)19(31)23(27)38/h8-9,13,22-23,36-38H,3-7,10-12H2,1-2H3,(H,32,39)(H,33,40)/t13-,22-,23+,26+,27-/m0/s1. The number of carbonyl (C=O) groups excluding carboxylic acids is 2.